The van der Waals surface area contributed by atoms with E-state index in [1.54, 1.807) is 36.4 Å². The number of Topliss-reactive ketones (excluding diaryl/α,β-unsaturated/α-hetero) is 1. The van der Waals surface area contributed by atoms with Crippen LogP contribution in [0, 0.1) is 5.82 Å². The molecule has 0 radical (unpaired) electrons. The molecule has 1 atom stereocenters. The Balaban J connectivity index is 1.53. The van der Waals surface area contributed by atoms with Crippen molar-refractivity contribution in [3.8, 4) is 16.9 Å². The maximum absolute atomic E-state index is 13.3. The van der Waals surface area contributed by atoms with E-state index in [1.165, 1.54) is 41.3 Å². The molecule has 0 aliphatic heterocycles. The molecule has 2 heterocycles. The summed E-state index contributed by atoms with van der Waals surface area (Å²) in [6, 6.07) is 12.6. The van der Waals surface area contributed by atoms with Crippen molar-refractivity contribution in [2.45, 2.75) is 19.6 Å². The van der Waals surface area contributed by atoms with E-state index < -0.39 is 6.10 Å². The SMILES string of the molecule is CC(=O)c1cccc(OC[C@H](O)Cn2cnc3scc(-c4ccc(F)cc4)c3c2=O)c1. The van der Waals surface area contributed by atoms with Crippen molar-refractivity contribution in [2.75, 3.05) is 6.61 Å². The summed E-state index contributed by atoms with van der Waals surface area (Å²) in [7, 11) is 0. The van der Waals surface area contributed by atoms with E-state index in [2.05, 4.69) is 4.98 Å². The van der Waals surface area contributed by atoms with Gasteiger partial charge in [-0.15, -0.1) is 11.3 Å². The highest BCUT2D eigenvalue weighted by Crippen LogP contribution is 2.30. The van der Waals surface area contributed by atoms with Gasteiger partial charge in [-0.2, -0.15) is 0 Å². The highest BCUT2D eigenvalue weighted by molar-refractivity contribution is 7.17. The van der Waals surface area contributed by atoms with Gasteiger partial charge in [-0.1, -0.05) is 24.3 Å². The summed E-state index contributed by atoms with van der Waals surface area (Å²) in [5.74, 6) is 0.0320. The molecule has 158 valence electrons. The standard InChI is InChI=1S/C23H19FN2O4S/c1-14(27)16-3-2-4-19(9-16)30-11-18(28)10-26-13-25-22-21(23(26)29)20(12-31-22)15-5-7-17(24)8-6-15/h2-9,12-13,18,28H,10-11H2,1H3/t18-/m1/s1. The molecule has 0 aliphatic rings. The van der Waals surface area contributed by atoms with Crippen molar-refractivity contribution in [1.29, 1.82) is 0 Å². The molecule has 6 nitrogen and oxygen atoms in total. The Kier molecular flexibility index (Phi) is 5.92. The van der Waals surface area contributed by atoms with Gasteiger partial charge in [-0.05, 0) is 36.8 Å². The minimum absolute atomic E-state index is 0.00707. The van der Waals surface area contributed by atoms with E-state index in [1.807, 2.05) is 5.38 Å². The van der Waals surface area contributed by atoms with Crippen LogP contribution in [0.1, 0.15) is 17.3 Å². The molecular formula is C23H19FN2O4S. The number of ketones is 1. The third-order valence-corrected chi connectivity index (χ3v) is 5.69. The van der Waals surface area contributed by atoms with Crippen molar-refractivity contribution < 1.29 is 19.0 Å². The first-order valence-electron chi connectivity index (χ1n) is 9.57. The fourth-order valence-corrected chi connectivity index (χ4v) is 4.12. The van der Waals surface area contributed by atoms with Crippen LogP contribution in [0.5, 0.6) is 5.75 Å². The Hall–Kier alpha value is -3.36. The Bertz CT molecular complexity index is 1300. The summed E-state index contributed by atoms with van der Waals surface area (Å²) in [4.78, 5) is 29.4. The maximum Gasteiger partial charge on any atom is 0.262 e. The zero-order valence-electron chi connectivity index (χ0n) is 16.6. The number of thiophene rings is 1. The summed E-state index contributed by atoms with van der Waals surface area (Å²) in [6.07, 6.45) is 0.431. The molecule has 0 amide bonds. The summed E-state index contributed by atoms with van der Waals surface area (Å²) in [6.45, 7) is 1.40. The molecule has 4 aromatic rings. The highest BCUT2D eigenvalue weighted by atomic mass is 32.1. The molecule has 4 rings (SSSR count). The number of carbonyl (C=O) groups excluding carboxylic acids is 1. The van der Waals surface area contributed by atoms with Crippen LogP contribution in [0.15, 0.2) is 65.0 Å². The van der Waals surface area contributed by atoms with Gasteiger partial charge in [0, 0.05) is 16.5 Å². The fourth-order valence-electron chi connectivity index (χ4n) is 3.22. The van der Waals surface area contributed by atoms with Gasteiger partial charge in [0.2, 0.25) is 0 Å². The predicted molar refractivity (Wildman–Crippen MR) is 117 cm³/mol. The van der Waals surface area contributed by atoms with E-state index in [0.29, 0.717) is 27.1 Å². The third-order valence-electron chi connectivity index (χ3n) is 4.81. The molecule has 0 spiro atoms. The lowest BCUT2D eigenvalue weighted by Crippen LogP contribution is -2.30. The fraction of sp³-hybridized carbons (Fsp3) is 0.174. The molecule has 0 unspecified atom stereocenters. The predicted octanol–water partition coefficient (Wildman–Crippen LogP) is 3.91. The molecule has 0 saturated heterocycles. The Labute approximate surface area is 181 Å². The molecule has 0 fully saturated rings. The smallest absolute Gasteiger partial charge is 0.262 e. The first-order chi connectivity index (χ1) is 14.9. The summed E-state index contributed by atoms with van der Waals surface area (Å²) in [5.41, 5.74) is 1.63. The quantitative estimate of drug-likeness (QED) is 0.443. The molecule has 2 aromatic heterocycles. The molecule has 0 aliphatic carbocycles. The van der Waals surface area contributed by atoms with Gasteiger partial charge < -0.3 is 9.84 Å². The third kappa shape index (κ3) is 4.55. The van der Waals surface area contributed by atoms with Crippen molar-refractivity contribution >= 4 is 27.3 Å². The van der Waals surface area contributed by atoms with Crippen molar-refractivity contribution in [1.82, 2.24) is 9.55 Å². The molecule has 2 aromatic carbocycles. The van der Waals surface area contributed by atoms with E-state index in [0.717, 1.165) is 5.56 Å². The van der Waals surface area contributed by atoms with E-state index in [9.17, 15) is 19.1 Å². The number of aliphatic hydroxyl groups excluding tert-OH is 1. The lowest BCUT2D eigenvalue weighted by atomic mass is 10.1. The minimum Gasteiger partial charge on any atom is -0.491 e. The summed E-state index contributed by atoms with van der Waals surface area (Å²) in [5, 5.41) is 12.6. The van der Waals surface area contributed by atoms with E-state index >= 15 is 0 Å². The van der Waals surface area contributed by atoms with Gasteiger partial charge in [-0.25, -0.2) is 9.37 Å². The topological polar surface area (TPSA) is 81.4 Å². The molecule has 0 bridgehead atoms. The van der Waals surface area contributed by atoms with Crippen LogP contribution in [0.2, 0.25) is 0 Å². The number of fused-ring (bicyclic) bond motifs is 1. The van der Waals surface area contributed by atoms with Crippen molar-refractivity contribution in [3.63, 3.8) is 0 Å². The van der Waals surface area contributed by atoms with Crippen LogP contribution in [-0.2, 0) is 6.54 Å². The average Bonchev–Trinajstić information content (AvgIpc) is 3.20. The van der Waals surface area contributed by atoms with Gasteiger partial charge in [0.1, 0.15) is 29.1 Å². The Morgan fingerprint density at radius 1 is 1.26 bits per heavy atom. The lowest BCUT2D eigenvalue weighted by molar-refractivity contribution is 0.0913. The number of ether oxygens (including phenoxy) is 1. The normalized spacial score (nSPS) is 12.1. The molecule has 8 heteroatoms. The number of benzene rings is 2. The first-order valence-corrected chi connectivity index (χ1v) is 10.4. The summed E-state index contributed by atoms with van der Waals surface area (Å²) >= 11 is 1.33. The molecular weight excluding hydrogens is 419 g/mol. The minimum atomic E-state index is -0.967. The van der Waals surface area contributed by atoms with Crippen LogP contribution in [-0.4, -0.2) is 33.2 Å². The van der Waals surface area contributed by atoms with Gasteiger partial charge in [0.05, 0.1) is 18.3 Å². The maximum atomic E-state index is 13.3. The number of aliphatic hydroxyl groups is 1. The number of halogens is 1. The zero-order chi connectivity index (χ0) is 22.0. The Morgan fingerprint density at radius 2 is 2.03 bits per heavy atom. The molecule has 1 N–H and O–H groups in total. The monoisotopic (exact) mass is 438 g/mol. The highest BCUT2D eigenvalue weighted by Gasteiger charge is 2.15. The number of carbonyl (C=O) groups is 1. The van der Waals surface area contributed by atoms with Gasteiger partial charge in [0.15, 0.2) is 5.78 Å². The number of nitrogens with zero attached hydrogens (tertiary/aromatic N) is 2. The van der Waals surface area contributed by atoms with E-state index in [4.69, 9.17) is 4.74 Å². The number of hydrogen-bond donors (Lipinski definition) is 1. The van der Waals surface area contributed by atoms with Crippen molar-refractivity contribution in [3.05, 3.63) is 82.0 Å². The lowest BCUT2D eigenvalue weighted by Gasteiger charge is -2.14. The number of hydrogen-bond acceptors (Lipinski definition) is 6. The number of rotatable bonds is 7. The van der Waals surface area contributed by atoms with Crippen molar-refractivity contribution in [2.24, 2.45) is 0 Å². The van der Waals surface area contributed by atoms with Gasteiger partial charge >= 0.3 is 0 Å². The second kappa shape index (κ2) is 8.79. The zero-order valence-corrected chi connectivity index (χ0v) is 17.4. The second-order valence-electron chi connectivity index (χ2n) is 7.09. The van der Waals surface area contributed by atoms with Crippen LogP contribution in [0.3, 0.4) is 0 Å². The largest absolute Gasteiger partial charge is 0.491 e. The van der Waals surface area contributed by atoms with Crippen LogP contribution < -0.4 is 10.3 Å². The van der Waals surface area contributed by atoms with E-state index in [-0.39, 0.29) is 30.3 Å². The van der Waals surface area contributed by atoms with Crippen LogP contribution >= 0.6 is 11.3 Å². The van der Waals surface area contributed by atoms with Gasteiger partial charge in [0.25, 0.3) is 5.56 Å². The first kappa shape index (κ1) is 20.9. The second-order valence-corrected chi connectivity index (χ2v) is 7.95. The molecule has 31 heavy (non-hydrogen) atoms. The Morgan fingerprint density at radius 3 is 2.77 bits per heavy atom. The average molecular weight is 438 g/mol. The summed E-state index contributed by atoms with van der Waals surface area (Å²) < 4.78 is 20.2. The van der Waals surface area contributed by atoms with Crippen LogP contribution in [0.4, 0.5) is 4.39 Å². The van der Waals surface area contributed by atoms with Gasteiger partial charge in [-0.3, -0.25) is 14.2 Å². The van der Waals surface area contributed by atoms with Crippen LogP contribution in [0.25, 0.3) is 21.3 Å². The molecule has 0 saturated carbocycles. The number of aromatic nitrogens is 2.